The molecule has 0 aliphatic carbocycles. The number of aromatic nitrogens is 1. The average Bonchev–Trinajstić information content (AvgIpc) is 2.89. The van der Waals surface area contributed by atoms with Crippen molar-refractivity contribution in [2.45, 2.75) is 39.1 Å². The van der Waals surface area contributed by atoms with Gasteiger partial charge in [-0.05, 0) is 51.0 Å². The molecule has 6 nitrogen and oxygen atoms in total. The minimum Gasteiger partial charge on any atom is -0.361 e. The predicted molar refractivity (Wildman–Crippen MR) is 95.9 cm³/mol. The Kier molecular flexibility index (Phi) is 4.99. The van der Waals surface area contributed by atoms with Crippen LogP contribution < -0.4 is 0 Å². The summed E-state index contributed by atoms with van der Waals surface area (Å²) >= 11 is 0. The lowest BCUT2D eigenvalue weighted by molar-refractivity contribution is 0.180. The lowest BCUT2D eigenvalue weighted by atomic mass is 10.1. The van der Waals surface area contributed by atoms with Gasteiger partial charge in [0.1, 0.15) is 5.76 Å². The Balaban J connectivity index is 1.68. The highest BCUT2D eigenvalue weighted by Gasteiger charge is 2.29. The monoisotopic (exact) mass is 363 g/mol. The van der Waals surface area contributed by atoms with Gasteiger partial charge in [-0.2, -0.15) is 4.31 Å². The van der Waals surface area contributed by atoms with Gasteiger partial charge in [0, 0.05) is 38.3 Å². The van der Waals surface area contributed by atoms with Crippen molar-refractivity contribution < 1.29 is 12.9 Å². The molecule has 7 heteroatoms. The van der Waals surface area contributed by atoms with E-state index >= 15 is 0 Å². The third kappa shape index (κ3) is 3.63. The molecule has 0 N–H and O–H groups in total. The number of rotatable bonds is 4. The van der Waals surface area contributed by atoms with Crippen LogP contribution in [0.5, 0.6) is 0 Å². The molecule has 1 aromatic heterocycles. The lowest BCUT2D eigenvalue weighted by Crippen LogP contribution is -2.48. The maximum atomic E-state index is 12.9. The van der Waals surface area contributed by atoms with E-state index < -0.39 is 10.0 Å². The van der Waals surface area contributed by atoms with Gasteiger partial charge < -0.3 is 4.52 Å². The summed E-state index contributed by atoms with van der Waals surface area (Å²) in [5.41, 5.74) is 4.11. The molecule has 0 atom stereocenters. The van der Waals surface area contributed by atoms with Crippen molar-refractivity contribution in [1.82, 2.24) is 14.4 Å². The lowest BCUT2D eigenvalue weighted by Gasteiger charge is -2.34. The van der Waals surface area contributed by atoms with E-state index in [1.165, 1.54) is 0 Å². The second kappa shape index (κ2) is 6.90. The van der Waals surface area contributed by atoms with E-state index in [1.807, 2.05) is 33.8 Å². The number of benzene rings is 1. The highest BCUT2D eigenvalue weighted by atomic mass is 32.2. The maximum Gasteiger partial charge on any atom is 0.243 e. The van der Waals surface area contributed by atoms with Crippen molar-refractivity contribution in [2.75, 3.05) is 26.2 Å². The zero-order valence-electron chi connectivity index (χ0n) is 15.2. The molecule has 1 fully saturated rings. The summed E-state index contributed by atoms with van der Waals surface area (Å²) in [6, 6.07) is 5.34. The molecule has 0 bridgehead atoms. The molecule has 0 saturated carbocycles. The van der Waals surface area contributed by atoms with Crippen LogP contribution in [0.15, 0.2) is 27.6 Å². The van der Waals surface area contributed by atoms with E-state index in [2.05, 4.69) is 10.1 Å². The fourth-order valence-electron chi connectivity index (χ4n) is 3.10. The molecular formula is C18H25N3O3S. The maximum absolute atomic E-state index is 12.9. The van der Waals surface area contributed by atoms with Gasteiger partial charge in [0.25, 0.3) is 0 Å². The van der Waals surface area contributed by atoms with Crippen LogP contribution in [0.1, 0.15) is 28.1 Å². The molecule has 2 heterocycles. The topological polar surface area (TPSA) is 66.7 Å². The van der Waals surface area contributed by atoms with E-state index in [0.29, 0.717) is 31.1 Å². The Morgan fingerprint density at radius 2 is 1.72 bits per heavy atom. The van der Waals surface area contributed by atoms with Crippen LogP contribution in [0.2, 0.25) is 0 Å². The Labute approximate surface area is 149 Å². The van der Waals surface area contributed by atoms with Gasteiger partial charge in [0.15, 0.2) is 0 Å². The molecular weight excluding hydrogens is 338 g/mol. The van der Waals surface area contributed by atoms with Gasteiger partial charge in [0.2, 0.25) is 10.0 Å². The Hall–Kier alpha value is -1.70. The van der Waals surface area contributed by atoms with Crippen LogP contribution >= 0.6 is 0 Å². The standard InChI is InChI=1S/C18H25N3O3S/c1-13-5-6-17(11-14(13)2)25(22,23)21-9-7-20(8-10-21)12-18-15(3)19-24-16(18)4/h5-6,11H,7-10,12H2,1-4H3. The number of nitrogens with zero attached hydrogens (tertiary/aromatic N) is 3. The third-order valence-corrected chi connectivity index (χ3v) is 6.90. The summed E-state index contributed by atoms with van der Waals surface area (Å²) in [6.07, 6.45) is 0. The van der Waals surface area contributed by atoms with Crippen molar-refractivity contribution in [2.24, 2.45) is 0 Å². The molecule has 0 radical (unpaired) electrons. The van der Waals surface area contributed by atoms with E-state index in [4.69, 9.17) is 4.52 Å². The third-order valence-electron chi connectivity index (χ3n) is 5.01. The summed E-state index contributed by atoms with van der Waals surface area (Å²) in [4.78, 5) is 2.63. The first-order valence-corrected chi connectivity index (χ1v) is 9.94. The smallest absolute Gasteiger partial charge is 0.243 e. The van der Waals surface area contributed by atoms with E-state index in [0.717, 1.165) is 34.7 Å². The van der Waals surface area contributed by atoms with Crippen molar-refractivity contribution >= 4 is 10.0 Å². The fourth-order valence-corrected chi connectivity index (χ4v) is 4.61. The zero-order valence-corrected chi connectivity index (χ0v) is 16.1. The molecule has 1 aromatic carbocycles. The highest BCUT2D eigenvalue weighted by molar-refractivity contribution is 7.89. The van der Waals surface area contributed by atoms with Crippen molar-refractivity contribution in [3.8, 4) is 0 Å². The number of aryl methyl sites for hydroxylation is 4. The Morgan fingerprint density at radius 1 is 1.04 bits per heavy atom. The Bertz CT molecular complexity index is 846. The molecule has 136 valence electrons. The van der Waals surface area contributed by atoms with E-state index in [-0.39, 0.29) is 0 Å². The van der Waals surface area contributed by atoms with Crippen LogP contribution in [0.4, 0.5) is 0 Å². The van der Waals surface area contributed by atoms with Crippen LogP contribution in [0, 0.1) is 27.7 Å². The predicted octanol–water partition coefficient (Wildman–Crippen LogP) is 2.41. The summed E-state index contributed by atoms with van der Waals surface area (Å²) in [5.74, 6) is 0.836. The summed E-state index contributed by atoms with van der Waals surface area (Å²) < 4.78 is 32.5. The summed E-state index contributed by atoms with van der Waals surface area (Å²) in [5, 5.41) is 3.98. The molecule has 1 aliphatic heterocycles. The zero-order chi connectivity index (χ0) is 18.2. The van der Waals surface area contributed by atoms with Crippen molar-refractivity contribution in [3.05, 3.63) is 46.3 Å². The van der Waals surface area contributed by atoms with Gasteiger partial charge in [-0.25, -0.2) is 8.42 Å². The molecule has 1 aliphatic rings. The minimum absolute atomic E-state index is 0.384. The molecule has 0 spiro atoms. The van der Waals surface area contributed by atoms with Gasteiger partial charge >= 0.3 is 0 Å². The average molecular weight is 363 g/mol. The van der Waals surface area contributed by atoms with E-state index in [9.17, 15) is 8.42 Å². The van der Waals surface area contributed by atoms with Gasteiger partial charge in [0.05, 0.1) is 10.6 Å². The van der Waals surface area contributed by atoms with Crippen LogP contribution in [-0.4, -0.2) is 49.0 Å². The minimum atomic E-state index is -3.43. The molecule has 3 rings (SSSR count). The molecule has 25 heavy (non-hydrogen) atoms. The first kappa shape index (κ1) is 18.1. The molecule has 2 aromatic rings. The molecule has 0 unspecified atom stereocenters. The normalized spacial score (nSPS) is 17.1. The number of hydrogen-bond donors (Lipinski definition) is 0. The molecule has 0 amide bonds. The Morgan fingerprint density at radius 3 is 2.28 bits per heavy atom. The first-order valence-electron chi connectivity index (χ1n) is 8.50. The van der Waals surface area contributed by atoms with Gasteiger partial charge in [-0.15, -0.1) is 0 Å². The van der Waals surface area contributed by atoms with Gasteiger partial charge in [-0.1, -0.05) is 11.2 Å². The summed E-state index contributed by atoms with van der Waals surface area (Å²) in [7, 11) is -3.43. The van der Waals surface area contributed by atoms with Crippen LogP contribution in [0.3, 0.4) is 0 Å². The summed E-state index contributed by atoms with van der Waals surface area (Å²) in [6.45, 7) is 10.9. The van der Waals surface area contributed by atoms with Crippen molar-refractivity contribution in [1.29, 1.82) is 0 Å². The number of piperazine rings is 1. The second-order valence-corrected chi connectivity index (χ2v) is 8.67. The first-order chi connectivity index (χ1) is 11.8. The largest absolute Gasteiger partial charge is 0.361 e. The van der Waals surface area contributed by atoms with Gasteiger partial charge in [-0.3, -0.25) is 4.90 Å². The quantitative estimate of drug-likeness (QED) is 0.835. The van der Waals surface area contributed by atoms with Crippen molar-refractivity contribution in [3.63, 3.8) is 0 Å². The molecule has 1 saturated heterocycles. The second-order valence-electron chi connectivity index (χ2n) is 6.73. The SMILES string of the molecule is Cc1ccc(S(=O)(=O)N2CCN(Cc3c(C)noc3C)CC2)cc1C. The van der Waals surface area contributed by atoms with Crippen LogP contribution in [0.25, 0.3) is 0 Å². The number of sulfonamides is 1. The fraction of sp³-hybridized carbons (Fsp3) is 0.500. The highest BCUT2D eigenvalue weighted by Crippen LogP contribution is 2.22. The number of hydrogen-bond acceptors (Lipinski definition) is 5. The van der Waals surface area contributed by atoms with E-state index in [1.54, 1.807) is 16.4 Å². The van der Waals surface area contributed by atoms with Crippen LogP contribution in [-0.2, 0) is 16.6 Å².